The number of ketones is 1. The van der Waals surface area contributed by atoms with E-state index in [0.717, 1.165) is 5.56 Å². The average Bonchev–Trinajstić information content (AvgIpc) is 1.73. The second-order valence-electron chi connectivity index (χ2n) is 20.0. The van der Waals surface area contributed by atoms with E-state index in [4.69, 9.17) is 25.5 Å². The van der Waals surface area contributed by atoms with Crippen molar-refractivity contribution in [2.24, 2.45) is 0 Å². The van der Waals surface area contributed by atoms with Crippen molar-refractivity contribution in [1.29, 1.82) is 0 Å². The third-order valence-electron chi connectivity index (χ3n) is 14.4. The molecule has 0 radical (unpaired) electrons. The van der Waals surface area contributed by atoms with Gasteiger partial charge in [0.2, 0.25) is 6.04 Å². The molecule has 2 aliphatic heterocycles. The topological polar surface area (TPSA) is 99.0 Å². The van der Waals surface area contributed by atoms with Gasteiger partial charge >= 0.3 is 36.9 Å². The predicted octanol–water partition coefficient (Wildman–Crippen LogP) is 16.8. The normalized spacial score (nSPS) is 19.2. The number of piperidine rings is 2. The van der Waals surface area contributed by atoms with Gasteiger partial charge in [-0.3, -0.25) is 14.6 Å². The van der Waals surface area contributed by atoms with E-state index < -0.39 is 88.5 Å². The van der Waals surface area contributed by atoms with E-state index in [2.05, 4.69) is 4.85 Å². The number of likely N-dealkylation sites (tertiary alicyclic amines) is 2. The largest absolute Gasteiger partial charge is 0.445 e. The highest BCUT2D eigenvalue weighted by atomic mass is 19.4. The monoisotopic (exact) mass is 1190 g/mol. The molecule has 22 heteroatoms. The molecule has 2 heterocycles. The SMILES string of the molecule is C.C[C@@H](OC[C@@]1(c2ccccc2)CCC(=O)CN1C(=O)OCc1ccccc1)c1cc(C(F)(F)F)cc(C(F)(F)F)c1.[C-]#[N+]C1CC[C@@](CO[C@H](C)c2cc(C(F)(F)F)cc(C(F)(F)F)c2)(c2ccccc2)N(C(=O)OCc2ccccc2)C1. The van der Waals surface area contributed by atoms with Crippen LogP contribution in [0.25, 0.3) is 4.85 Å². The smallest absolute Gasteiger partial charge is 0.416 e. The van der Waals surface area contributed by atoms with Gasteiger partial charge in [-0.05, 0) is 96.5 Å². The summed E-state index contributed by atoms with van der Waals surface area (Å²) < 4.78 is 185. The summed E-state index contributed by atoms with van der Waals surface area (Å²) in [5.74, 6) is -0.228. The average molecular weight is 1190 g/mol. The van der Waals surface area contributed by atoms with Crippen LogP contribution in [0.3, 0.4) is 0 Å². The van der Waals surface area contributed by atoms with E-state index in [1.54, 1.807) is 115 Å². The van der Waals surface area contributed by atoms with Gasteiger partial charge in [0.25, 0.3) is 0 Å². The summed E-state index contributed by atoms with van der Waals surface area (Å²) in [6.45, 7) is 9.26. The van der Waals surface area contributed by atoms with Crippen LogP contribution in [0.2, 0.25) is 0 Å². The lowest BCUT2D eigenvalue weighted by atomic mass is 9.79. The minimum Gasteiger partial charge on any atom is -0.445 e. The molecule has 1 unspecified atom stereocenters. The second-order valence-corrected chi connectivity index (χ2v) is 20.0. The highest BCUT2D eigenvalue weighted by Gasteiger charge is 2.50. The Balaban J connectivity index is 0.000000266. The first-order valence-electron chi connectivity index (χ1n) is 25.9. The summed E-state index contributed by atoms with van der Waals surface area (Å²) >= 11 is 0. The standard InChI is InChI=1S/C31H28F6N2O3.C30H27F6NO4.CH4/c1-21(23-15-25(30(32,33)34)17-26(16-23)31(35,36)37)42-20-29(24-11-7-4-8-12-24)14-13-27(38-2)18-39(29)28(40)41-19-22-9-5-3-6-10-22;1-20(22-14-24(29(31,32)33)16-25(15-22)30(34,35)36)41-19-28(23-10-6-3-7-11-23)13-12-26(38)17-37(28)27(39)40-18-21-8-4-2-5-9-21;/h3-12,15-17,21,27H,13-14,18-20H2,1H3;2-11,14-16,20H,12-13,17-19H2,1H3;1H4/t21-,27?,29-;20-,28-;/m11./s1. The zero-order valence-electron chi connectivity index (χ0n) is 44.5. The lowest BCUT2D eigenvalue weighted by Crippen LogP contribution is -2.58. The van der Waals surface area contributed by atoms with Gasteiger partial charge in [-0.1, -0.05) is 129 Å². The lowest BCUT2D eigenvalue weighted by molar-refractivity contribution is -0.145. The number of hydrogen-bond donors (Lipinski definition) is 0. The van der Waals surface area contributed by atoms with E-state index in [0.29, 0.717) is 47.4 Å². The Morgan fingerprint density at radius 1 is 0.548 bits per heavy atom. The highest BCUT2D eigenvalue weighted by Crippen LogP contribution is 2.44. The summed E-state index contributed by atoms with van der Waals surface area (Å²) in [6.07, 6.45) is -23.1. The molecule has 448 valence electrons. The van der Waals surface area contributed by atoms with Gasteiger partial charge in [-0.15, -0.1) is 0 Å². The quantitative estimate of drug-likeness (QED) is 0.0791. The summed E-state index contributed by atoms with van der Waals surface area (Å²) in [4.78, 5) is 45.7. The van der Waals surface area contributed by atoms with Gasteiger partial charge in [0.05, 0.1) is 65.3 Å². The van der Waals surface area contributed by atoms with Crippen molar-refractivity contribution in [1.82, 2.24) is 9.80 Å². The van der Waals surface area contributed by atoms with Crippen molar-refractivity contribution in [3.8, 4) is 0 Å². The number of carbonyl (C=O) groups is 3. The third kappa shape index (κ3) is 16.2. The molecule has 5 atom stereocenters. The van der Waals surface area contributed by atoms with E-state index in [1.807, 2.05) is 6.07 Å². The van der Waals surface area contributed by atoms with Crippen LogP contribution in [0.5, 0.6) is 0 Å². The van der Waals surface area contributed by atoms with Crippen LogP contribution in [0.15, 0.2) is 158 Å². The van der Waals surface area contributed by atoms with Crippen LogP contribution in [0.4, 0.5) is 62.3 Å². The van der Waals surface area contributed by atoms with Gasteiger partial charge in [-0.25, -0.2) is 16.2 Å². The van der Waals surface area contributed by atoms with Crippen LogP contribution < -0.4 is 0 Å². The second kappa shape index (κ2) is 27.2. The molecular formula is C62H59F12N3O7. The summed E-state index contributed by atoms with van der Waals surface area (Å²) in [6, 6.07) is 37.3. The number of hydrogen-bond acceptors (Lipinski definition) is 7. The molecule has 0 bridgehead atoms. The molecule has 2 amide bonds. The number of rotatable bonds is 14. The maximum absolute atomic E-state index is 13.5. The zero-order chi connectivity index (χ0) is 60.4. The molecule has 10 nitrogen and oxygen atoms in total. The molecule has 0 saturated carbocycles. The van der Waals surface area contributed by atoms with Crippen LogP contribution in [-0.2, 0) is 72.7 Å². The number of alkyl halides is 12. The third-order valence-corrected chi connectivity index (χ3v) is 14.4. The first kappa shape index (κ1) is 65.3. The van der Waals surface area contributed by atoms with Gasteiger partial charge in [0, 0.05) is 12.8 Å². The molecule has 0 aliphatic carbocycles. The minimum atomic E-state index is -5.01. The Hall–Kier alpha value is -7.90. The minimum absolute atomic E-state index is 0. The number of carbonyl (C=O) groups excluding carboxylic acids is 3. The van der Waals surface area contributed by atoms with Crippen LogP contribution in [-0.4, -0.2) is 60.1 Å². The Kier molecular flexibility index (Phi) is 21.1. The van der Waals surface area contributed by atoms with Crippen LogP contribution >= 0.6 is 0 Å². The molecule has 0 aromatic heterocycles. The number of Topliss-reactive ketones (excluding diaryl/α,β-unsaturated/α-hetero) is 1. The predicted molar refractivity (Wildman–Crippen MR) is 285 cm³/mol. The Morgan fingerprint density at radius 3 is 1.25 bits per heavy atom. The van der Waals surface area contributed by atoms with Gasteiger partial charge < -0.3 is 23.8 Å². The molecule has 6 aromatic rings. The number of amides is 2. The van der Waals surface area contributed by atoms with Crippen molar-refractivity contribution in [2.45, 2.75) is 114 Å². The van der Waals surface area contributed by atoms with Crippen molar-refractivity contribution in [2.75, 3.05) is 26.3 Å². The van der Waals surface area contributed by atoms with E-state index in [-0.39, 0.29) is 95.2 Å². The van der Waals surface area contributed by atoms with Crippen molar-refractivity contribution in [3.63, 3.8) is 0 Å². The number of halogens is 12. The fraction of sp³-hybridized carbons (Fsp3) is 0.355. The number of benzene rings is 6. The van der Waals surface area contributed by atoms with Gasteiger partial charge in [0.1, 0.15) is 19.8 Å². The van der Waals surface area contributed by atoms with Gasteiger partial charge in [0.15, 0.2) is 5.78 Å². The molecular weight excluding hydrogens is 1130 g/mol. The van der Waals surface area contributed by atoms with Crippen LogP contribution in [0, 0.1) is 6.57 Å². The maximum Gasteiger partial charge on any atom is 0.416 e. The van der Waals surface area contributed by atoms with Crippen molar-refractivity contribution < 1.29 is 86.0 Å². The first-order chi connectivity index (χ1) is 39.1. The zero-order valence-corrected chi connectivity index (χ0v) is 44.5. The Bertz CT molecular complexity index is 3130. The Labute approximate surface area is 477 Å². The van der Waals surface area contributed by atoms with Crippen LogP contribution in [0.1, 0.15) is 115 Å². The number of ether oxygens (including phenoxy) is 4. The Morgan fingerprint density at radius 2 is 0.893 bits per heavy atom. The van der Waals surface area contributed by atoms with Gasteiger partial charge in [-0.2, -0.15) is 52.7 Å². The van der Waals surface area contributed by atoms with Crippen molar-refractivity contribution >= 4 is 18.0 Å². The van der Waals surface area contributed by atoms with E-state index in [9.17, 15) is 67.1 Å². The fourth-order valence-electron chi connectivity index (χ4n) is 9.80. The molecule has 8 rings (SSSR count). The summed E-state index contributed by atoms with van der Waals surface area (Å²) in [5.41, 5.74) is -6.23. The van der Waals surface area contributed by atoms with Crippen molar-refractivity contribution in [3.05, 3.63) is 225 Å². The molecule has 0 N–H and O–H groups in total. The summed E-state index contributed by atoms with van der Waals surface area (Å²) in [5, 5.41) is 0. The molecule has 6 aromatic carbocycles. The van der Waals surface area contributed by atoms with E-state index >= 15 is 0 Å². The van der Waals surface area contributed by atoms with E-state index in [1.165, 1.54) is 23.6 Å². The lowest BCUT2D eigenvalue weighted by Gasteiger charge is -2.47. The molecule has 0 spiro atoms. The maximum atomic E-state index is 13.5. The highest BCUT2D eigenvalue weighted by molar-refractivity contribution is 5.86. The molecule has 84 heavy (non-hydrogen) atoms. The molecule has 2 fully saturated rings. The number of nitrogens with zero attached hydrogens (tertiary/aromatic N) is 3. The first-order valence-corrected chi connectivity index (χ1v) is 25.9. The molecule has 2 saturated heterocycles. The molecule has 2 aliphatic rings. The summed E-state index contributed by atoms with van der Waals surface area (Å²) in [7, 11) is 0. The fourth-order valence-corrected chi connectivity index (χ4v) is 9.80.